The molecule has 0 saturated heterocycles. The maximum Gasteiger partial charge on any atom is 0.257 e. The topological polar surface area (TPSA) is 76.8 Å². The van der Waals surface area contributed by atoms with E-state index in [4.69, 9.17) is 0 Å². The Balaban J connectivity index is 1.83. The Kier molecular flexibility index (Phi) is 4.34. The van der Waals surface area contributed by atoms with Crippen LogP contribution in [-0.4, -0.2) is 42.1 Å². The normalized spacial score (nSPS) is 17.7. The van der Waals surface area contributed by atoms with Gasteiger partial charge in [-0.3, -0.25) is 4.79 Å². The van der Waals surface area contributed by atoms with Gasteiger partial charge in [-0.2, -0.15) is 0 Å². The van der Waals surface area contributed by atoms with E-state index in [2.05, 4.69) is 59.4 Å². The van der Waals surface area contributed by atoms with Crippen LogP contribution in [0.4, 0.5) is 0 Å². The number of fused-ring (bicyclic) bond motifs is 1. The first kappa shape index (κ1) is 17.5. The number of hydrogen-bond donors (Lipinski definition) is 0. The van der Waals surface area contributed by atoms with Crippen molar-refractivity contribution < 1.29 is 4.79 Å². The SMILES string of the molecule is CC(C)c1nnc2n1CCN(C(=O)c1cnc(C(C)(C)C)nc1)[C@H]2C. The fraction of sp³-hybridized carbons (Fsp3) is 0.611. The van der Waals surface area contributed by atoms with E-state index >= 15 is 0 Å². The second kappa shape index (κ2) is 6.20. The summed E-state index contributed by atoms with van der Waals surface area (Å²) in [6.07, 6.45) is 3.25. The monoisotopic (exact) mass is 342 g/mol. The lowest BCUT2D eigenvalue weighted by Crippen LogP contribution is -2.41. The summed E-state index contributed by atoms with van der Waals surface area (Å²) >= 11 is 0. The first-order valence-electron chi connectivity index (χ1n) is 8.76. The van der Waals surface area contributed by atoms with Crippen molar-refractivity contribution in [1.29, 1.82) is 0 Å². The Morgan fingerprint density at radius 1 is 1.16 bits per heavy atom. The van der Waals surface area contributed by atoms with Gasteiger partial charge < -0.3 is 9.47 Å². The van der Waals surface area contributed by atoms with Crippen molar-refractivity contribution in [3.8, 4) is 0 Å². The molecule has 2 aromatic heterocycles. The van der Waals surface area contributed by atoms with Crippen LogP contribution >= 0.6 is 0 Å². The van der Waals surface area contributed by atoms with Crippen LogP contribution in [0.15, 0.2) is 12.4 Å². The van der Waals surface area contributed by atoms with Gasteiger partial charge in [0, 0.05) is 36.8 Å². The third kappa shape index (κ3) is 3.15. The molecule has 0 saturated carbocycles. The van der Waals surface area contributed by atoms with Crippen LogP contribution in [0.3, 0.4) is 0 Å². The quantitative estimate of drug-likeness (QED) is 0.838. The average Bonchev–Trinajstić information content (AvgIpc) is 2.99. The van der Waals surface area contributed by atoms with E-state index in [-0.39, 0.29) is 17.4 Å². The third-order valence-corrected chi connectivity index (χ3v) is 4.56. The summed E-state index contributed by atoms with van der Waals surface area (Å²) in [4.78, 5) is 23.5. The highest BCUT2D eigenvalue weighted by Crippen LogP contribution is 2.28. The Hall–Kier alpha value is -2.31. The van der Waals surface area contributed by atoms with Gasteiger partial charge in [0.1, 0.15) is 11.6 Å². The van der Waals surface area contributed by atoms with E-state index < -0.39 is 0 Å². The second-order valence-corrected chi connectivity index (χ2v) is 7.94. The molecule has 0 bridgehead atoms. The van der Waals surface area contributed by atoms with E-state index in [9.17, 15) is 4.79 Å². The molecule has 1 aliphatic heterocycles. The summed E-state index contributed by atoms with van der Waals surface area (Å²) in [7, 11) is 0. The molecule has 0 spiro atoms. The molecule has 134 valence electrons. The number of aromatic nitrogens is 5. The maximum atomic E-state index is 12.9. The smallest absolute Gasteiger partial charge is 0.257 e. The van der Waals surface area contributed by atoms with E-state index in [1.54, 1.807) is 12.4 Å². The summed E-state index contributed by atoms with van der Waals surface area (Å²) in [5.41, 5.74) is 0.376. The molecule has 0 radical (unpaired) electrons. The summed E-state index contributed by atoms with van der Waals surface area (Å²) in [5.74, 6) is 2.81. The zero-order chi connectivity index (χ0) is 18.4. The molecule has 1 aliphatic rings. The van der Waals surface area contributed by atoms with Crippen LogP contribution in [0.5, 0.6) is 0 Å². The van der Waals surface area contributed by atoms with E-state index in [0.717, 1.165) is 17.5 Å². The molecule has 3 rings (SSSR count). The minimum Gasteiger partial charge on any atom is -0.327 e. The van der Waals surface area contributed by atoms with Gasteiger partial charge in [-0.15, -0.1) is 10.2 Å². The fourth-order valence-corrected chi connectivity index (χ4v) is 3.10. The standard InChI is InChI=1S/C18H26N6O/c1-11(2)14-21-22-15-12(3)23(7-8-24(14)15)16(25)13-9-19-17(20-10-13)18(4,5)6/h9-12H,7-8H2,1-6H3/t12-/m0/s1. The number of amides is 1. The van der Waals surface area contributed by atoms with Crippen LogP contribution in [0, 0.1) is 0 Å². The molecule has 0 N–H and O–H groups in total. The van der Waals surface area contributed by atoms with Gasteiger partial charge in [0.25, 0.3) is 5.91 Å². The lowest BCUT2D eigenvalue weighted by atomic mass is 9.96. The predicted molar refractivity (Wildman–Crippen MR) is 94.3 cm³/mol. The number of nitrogens with zero attached hydrogens (tertiary/aromatic N) is 6. The Bertz CT molecular complexity index is 772. The number of carbonyl (C=O) groups is 1. The van der Waals surface area contributed by atoms with Crippen molar-refractivity contribution in [3.63, 3.8) is 0 Å². The van der Waals surface area contributed by atoms with Crippen molar-refractivity contribution in [2.75, 3.05) is 6.54 Å². The summed E-state index contributed by atoms with van der Waals surface area (Å²) in [6, 6.07) is -0.122. The van der Waals surface area contributed by atoms with E-state index in [1.807, 2.05) is 11.8 Å². The third-order valence-electron chi connectivity index (χ3n) is 4.56. The zero-order valence-corrected chi connectivity index (χ0v) is 15.8. The molecule has 3 heterocycles. The minimum absolute atomic E-state index is 0.0618. The first-order chi connectivity index (χ1) is 11.7. The minimum atomic E-state index is -0.135. The predicted octanol–water partition coefficient (Wildman–Crippen LogP) is 2.71. The van der Waals surface area contributed by atoms with Gasteiger partial charge in [-0.25, -0.2) is 9.97 Å². The van der Waals surface area contributed by atoms with E-state index in [1.165, 1.54) is 0 Å². The average molecular weight is 342 g/mol. The van der Waals surface area contributed by atoms with E-state index in [0.29, 0.717) is 24.6 Å². The van der Waals surface area contributed by atoms with Crippen molar-refractivity contribution in [2.45, 2.75) is 65.5 Å². The molecular weight excluding hydrogens is 316 g/mol. The molecule has 0 fully saturated rings. The molecule has 2 aromatic rings. The fourth-order valence-electron chi connectivity index (χ4n) is 3.10. The van der Waals surface area contributed by atoms with Gasteiger partial charge in [-0.05, 0) is 6.92 Å². The van der Waals surface area contributed by atoms with Crippen molar-refractivity contribution in [2.24, 2.45) is 0 Å². The molecule has 0 aromatic carbocycles. The summed E-state index contributed by atoms with van der Waals surface area (Å²) in [5, 5.41) is 8.62. The highest BCUT2D eigenvalue weighted by atomic mass is 16.2. The van der Waals surface area contributed by atoms with Crippen molar-refractivity contribution >= 4 is 5.91 Å². The van der Waals surface area contributed by atoms with Crippen molar-refractivity contribution in [3.05, 3.63) is 35.4 Å². The largest absolute Gasteiger partial charge is 0.327 e. The Morgan fingerprint density at radius 2 is 1.80 bits per heavy atom. The molecule has 0 aliphatic carbocycles. The molecule has 1 amide bonds. The Morgan fingerprint density at radius 3 is 2.36 bits per heavy atom. The lowest BCUT2D eigenvalue weighted by molar-refractivity contribution is 0.0635. The number of carbonyl (C=O) groups excluding carboxylic acids is 1. The molecule has 1 atom stereocenters. The van der Waals surface area contributed by atoms with Gasteiger partial charge in [0.15, 0.2) is 5.82 Å². The second-order valence-electron chi connectivity index (χ2n) is 7.94. The van der Waals surface area contributed by atoms with Gasteiger partial charge >= 0.3 is 0 Å². The Labute approximate surface area is 148 Å². The number of rotatable bonds is 2. The van der Waals surface area contributed by atoms with Crippen LogP contribution in [0.25, 0.3) is 0 Å². The molecule has 7 nitrogen and oxygen atoms in total. The van der Waals surface area contributed by atoms with Crippen LogP contribution in [0.2, 0.25) is 0 Å². The highest BCUT2D eigenvalue weighted by Gasteiger charge is 2.32. The highest BCUT2D eigenvalue weighted by molar-refractivity contribution is 5.93. The summed E-state index contributed by atoms with van der Waals surface area (Å²) in [6.45, 7) is 13.7. The van der Waals surface area contributed by atoms with Crippen LogP contribution in [0.1, 0.15) is 81.3 Å². The maximum absolute atomic E-state index is 12.9. The molecular formula is C18H26N6O. The first-order valence-corrected chi connectivity index (χ1v) is 8.76. The van der Waals surface area contributed by atoms with Crippen LogP contribution in [-0.2, 0) is 12.0 Å². The molecule has 7 heteroatoms. The van der Waals surface area contributed by atoms with Gasteiger partial charge in [0.05, 0.1) is 11.6 Å². The van der Waals surface area contributed by atoms with Crippen LogP contribution < -0.4 is 0 Å². The van der Waals surface area contributed by atoms with Crippen molar-refractivity contribution in [1.82, 2.24) is 29.6 Å². The lowest BCUT2D eigenvalue weighted by Gasteiger charge is -2.34. The zero-order valence-electron chi connectivity index (χ0n) is 15.8. The van der Waals surface area contributed by atoms with Gasteiger partial charge in [-0.1, -0.05) is 34.6 Å². The summed E-state index contributed by atoms with van der Waals surface area (Å²) < 4.78 is 2.14. The van der Waals surface area contributed by atoms with Gasteiger partial charge in [0.2, 0.25) is 0 Å². The molecule has 25 heavy (non-hydrogen) atoms. The number of hydrogen-bond acceptors (Lipinski definition) is 5. The molecule has 0 unspecified atom stereocenters.